The highest BCUT2D eigenvalue weighted by Crippen LogP contribution is 2.24. The van der Waals surface area contributed by atoms with Gasteiger partial charge in [-0.25, -0.2) is 0 Å². The predicted octanol–water partition coefficient (Wildman–Crippen LogP) is -0.253. The van der Waals surface area contributed by atoms with Crippen LogP contribution in [0.25, 0.3) is 5.69 Å². The molecule has 5 nitrogen and oxygen atoms in total. The molecule has 0 bridgehead atoms. The summed E-state index contributed by atoms with van der Waals surface area (Å²) >= 11 is 6.29. The Kier molecular flexibility index (Phi) is 4.79. The van der Waals surface area contributed by atoms with Gasteiger partial charge in [0.15, 0.2) is 0 Å². The van der Waals surface area contributed by atoms with Crippen LogP contribution in [-0.4, -0.2) is 22.5 Å². The third-order valence-electron chi connectivity index (χ3n) is 4.19. The normalized spacial score (nSPS) is 12.4. The van der Waals surface area contributed by atoms with Gasteiger partial charge in [0.2, 0.25) is 5.82 Å². The summed E-state index contributed by atoms with van der Waals surface area (Å²) in [6.45, 7) is 0.543. The maximum absolute atomic E-state index is 6.29. The highest BCUT2D eigenvalue weighted by Gasteiger charge is 2.29. The zero-order valence-electron chi connectivity index (χ0n) is 13.9. The van der Waals surface area contributed by atoms with Crippen molar-refractivity contribution in [2.75, 3.05) is 12.4 Å². The third-order valence-corrected chi connectivity index (χ3v) is 4.43. The van der Waals surface area contributed by atoms with Crippen molar-refractivity contribution in [1.82, 2.24) is 9.78 Å². The number of aliphatic imine (C=N–C) groups is 1. The van der Waals surface area contributed by atoms with Gasteiger partial charge in [0.1, 0.15) is 12.2 Å². The first kappa shape index (κ1) is 17.5. The molecule has 0 saturated heterocycles. The summed E-state index contributed by atoms with van der Waals surface area (Å²) in [6.07, 6.45) is 0. The fourth-order valence-corrected chi connectivity index (χ4v) is 3.24. The van der Waals surface area contributed by atoms with Gasteiger partial charge in [0, 0.05) is 28.3 Å². The number of anilines is 1. The number of nitrogens with zero attached hydrogens (tertiary/aromatic N) is 4. The van der Waals surface area contributed by atoms with Crippen LogP contribution >= 0.6 is 11.6 Å². The standard InChI is InChI=1S/C18H17ClN5.ClH/c1-20-18-22-23(2)16-11-21-17(12-6-4-3-5-7-12)14-10-13(19)8-9-15(14)24(16)18;/h3-10H,11H2,1-2H3,(H,20,22);1H/q+1;/p-1. The molecule has 0 saturated carbocycles. The van der Waals surface area contributed by atoms with Crippen LogP contribution in [0.2, 0.25) is 5.02 Å². The third kappa shape index (κ3) is 2.90. The van der Waals surface area contributed by atoms with E-state index in [0.29, 0.717) is 11.6 Å². The molecule has 1 aromatic heterocycles. The van der Waals surface area contributed by atoms with Crippen molar-refractivity contribution in [2.24, 2.45) is 12.0 Å². The zero-order chi connectivity index (χ0) is 16.7. The van der Waals surface area contributed by atoms with Crippen LogP contribution < -0.4 is 22.3 Å². The second-order valence-corrected chi connectivity index (χ2v) is 6.08. The summed E-state index contributed by atoms with van der Waals surface area (Å²) in [5, 5.41) is 8.39. The first-order chi connectivity index (χ1) is 11.7. The Morgan fingerprint density at radius 2 is 1.92 bits per heavy atom. The molecule has 1 aliphatic rings. The van der Waals surface area contributed by atoms with Crippen molar-refractivity contribution in [1.29, 1.82) is 0 Å². The van der Waals surface area contributed by atoms with E-state index in [-0.39, 0.29) is 12.4 Å². The molecule has 0 aliphatic carbocycles. The minimum absolute atomic E-state index is 0. The number of aryl methyl sites for hydroxylation is 1. The van der Waals surface area contributed by atoms with Crippen molar-refractivity contribution in [3.8, 4) is 5.69 Å². The van der Waals surface area contributed by atoms with E-state index in [9.17, 15) is 0 Å². The molecule has 0 unspecified atom stereocenters. The molecular weight excluding hydrogens is 357 g/mol. The molecule has 1 aliphatic heterocycles. The van der Waals surface area contributed by atoms with Crippen LogP contribution in [0.3, 0.4) is 0 Å². The van der Waals surface area contributed by atoms with Gasteiger partial charge in [-0.2, -0.15) is 4.57 Å². The second-order valence-electron chi connectivity index (χ2n) is 5.64. The smallest absolute Gasteiger partial charge is 0.382 e. The monoisotopic (exact) mass is 373 g/mol. The van der Waals surface area contributed by atoms with E-state index in [1.54, 1.807) is 0 Å². The van der Waals surface area contributed by atoms with Crippen molar-refractivity contribution in [2.45, 2.75) is 6.54 Å². The topological polar surface area (TPSA) is 46.1 Å². The van der Waals surface area contributed by atoms with E-state index in [0.717, 1.165) is 34.3 Å². The summed E-state index contributed by atoms with van der Waals surface area (Å²) in [4.78, 5) is 4.87. The van der Waals surface area contributed by atoms with Crippen LogP contribution in [-0.2, 0) is 13.6 Å². The lowest BCUT2D eigenvalue weighted by Crippen LogP contribution is -3.00. The lowest BCUT2D eigenvalue weighted by Gasteiger charge is -2.10. The van der Waals surface area contributed by atoms with Gasteiger partial charge >= 0.3 is 5.95 Å². The molecular formula is C18H17Cl2N5. The summed E-state index contributed by atoms with van der Waals surface area (Å²) in [5.41, 5.74) is 4.04. The quantitative estimate of drug-likeness (QED) is 0.629. The molecule has 0 atom stereocenters. The Labute approximate surface area is 157 Å². The van der Waals surface area contributed by atoms with Gasteiger partial charge in [-0.05, 0) is 18.2 Å². The molecule has 4 rings (SSSR count). The number of hydrogen-bond acceptors (Lipinski definition) is 3. The maximum atomic E-state index is 6.29. The van der Waals surface area contributed by atoms with Crippen LogP contribution in [0.4, 0.5) is 5.95 Å². The maximum Gasteiger partial charge on any atom is 0.382 e. The number of rotatable bonds is 2. The zero-order valence-corrected chi connectivity index (χ0v) is 15.4. The highest BCUT2D eigenvalue weighted by molar-refractivity contribution is 6.31. The summed E-state index contributed by atoms with van der Waals surface area (Å²) in [5.74, 6) is 1.79. The average molecular weight is 374 g/mol. The fraction of sp³-hybridized carbons (Fsp3) is 0.167. The molecule has 2 aromatic carbocycles. The number of aromatic nitrogens is 3. The molecule has 1 N–H and O–H groups in total. The summed E-state index contributed by atoms with van der Waals surface area (Å²) in [7, 11) is 3.81. The van der Waals surface area contributed by atoms with Crippen molar-refractivity contribution in [3.63, 3.8) is 0 Å². The Balaban J connectivity index is 0.00000182. The molecule has 25 heavy (non-hydrogen) atoms. The molecule has 128 valence electrons. The van der Waals surface area contributed by atoms with Crippen LogP contribution in [0.5, 0.6) is 0 Å². The SMILES string of the molecule is CNc1nn(C)c2[n+]1-c1ccc(Cl)cc1C(c1ccccc1)=NC2.[Cl-]. The Bertz CT molecular complexity index is 948. The molecule has 0 fully saturated rings. The number of hydrogen-bond donors (Lipinski definition) is 1. The van der Waals surface area contributed by atoms with E-state index < -0.39 is 0 Å². The number of nitrogens with one attached hydrogen (secondary N) is 1. The first-order valence-electron chi connectivity index (χ1n) is 7.75. The van der Waals surface area contributed by atoms with Gasteiger partial charge in [0.25, 0.3) is 0 Å². The van der Waals surface area contributed by atoms with Crippen LogP contribution in [0.15, 0.2) is 53.5 Å². The minimum Gasteiger partial charge on any atom is -1.00 e. The van der Waals surface area contributed by atoms with Crippen LogP contribution in [0, 0.1) is 0 Å². The van der Waals surface area contributed by atoms with Crippen molar-refractivity contribution >= 4 is 23.3 Å². The molecule has 2 heterocycles. The Morgan fingerprint density at radius 1 is 1.16 bits per heavy atom. The molecule has 0 amide bonds. The van der Waals surface area contributed by atoms with Gasteiger partial charge in [-0.15, -0.1) is 4.68 Å². The van der Waals surface area contributed by atoms with E-state index in [2.05, 4.69) is 27.1 Å². The molecule has 0 radical (unpaired) electrons. The fourth-order valence-electron chi connectivity index (χ4n) is 3.07. The lowest BCUT2D eigenvalue weighted by molar-refractivity contribution is -0.590. The van der Waals surface area contributed by atoms with E-state index in [4.69, 9.17) is 16.6 Å². The van der Waals surface area contributed by atoms with Gasteiger partial charge < -0.3 is 12.4 Å². The van der Waals surface area contributed by atoms with Crippen molar-refractivity contribution < 1.29 is 17.0 Å². The Hall–Kier alpha value is -2.37. The first-order valence-corrected chi connectivity index (χ1v) is 8.12. The molecule has 3 aromatic rings. The molecule has 7 heteroatoms. The van der Waals surface area contributed by atoms with Gasteiger partial charge in [-0.3, -0.25) is 10.3 Å². The van der Waals surface area contributed by atoms with Gasteiger partial charge in [0.05, 0.1) is 12.8 Å². The number of halogens is 2. The average Bonchev–Trinajstić information content (AvgIpc) is 2.82. The number of benzene rings is 2. The lowest BCUT2D eigenvalue weighted by atomic mass is 10.0. The van der Waals surface area contributed by atoms with Crippen LogP contribution in [0.1, 0.15) is 17.0 Å². The van der Waals surface area contributed by atoms with E-state index in [1.165, 1.54) is 0 Å². The minimum atomic E-state index is 0. The van der Waals surface area contributed by atoms with E-state index in [1.807, 2.05) is 55.2 Å². The van der Waals surface area contributed by atoms with E-state index >= 15 is 0 Å². The second kappa shape index (κ2) is 6.86. The van der Waals surface area contributed by atoms with Crippen molar-refractivity contribution in [3.05, 3.63) is 70.5 Å². The predicted molar refractivity (Wildman–Crippen MR) is 95.1 cm³/mol. The highest BCUT2D eigenvalue weighted by atomic mass is 35.5. The Morgan fingerprint density at radius 3 is 2.64 bits per heavy atom. The summed E-state index contributed by atoms with van der Waals surface area (Å²) in [6, 6.07) is 16.1. The largest absolute Gasteiger partial charge is 1.00 e. The number of fused-ring (bicyclic) bond motifs is 3. The summed E-state index contributed by atoms with van der Waals surface area (Å²) < 4.78 is 3.97. The molecule has 0 spiro atoms. The van der Waals surface area contributed by atoms with Gasteiger partial charge in [-0.1, -0.05) is 41.9 Å².